The summed E-state index contributed by atoms with van der Waals surface area (Å²) in [5.41, 5.74) is 2.34. The molecule has 7 heteroatoms. The monoisotopic (exact) mass is 321 g/mol. The van der Waals surface area contributed by atoms with Crippen LogP contribution in [0.4, 0.5) is 5.82 Å². The van der Waals surface area contributed by atoms with Gasteiger partial charge in [0.05, 0.1) is 25.0 Å². The second kappa shape index (κ2) is 7.53. The smallest absolute Gasteiger partial charge is 0.136 e. The van der Waals surface area contributed by atoms with Gasteiger partial charge < -0.3 is 14.7 Å². The van der Waals surface area contributed by atoms with Gasteiger partial charge in [-0.05, 0) is 0 Å². The zero-order valence-corrected chi connectivity index (χ0v) is 14.1. The van der Waals surface area contributed by atoms with Gasteiger partial charge in [0.1, 0.15) is 12.1 Å². The fourth-order valence-electron chi connectivity index (χ4n) is 3.36. The Balaban J connectivity index is 1.58. The van der Waals surface area contributed by atoms with Crippen LogP contribution < -0.4 is 4.90 Å². The zero-order chi connectivity index (χ0) is 16.2. The summed E-state index contributed by atoms with van der Waals surface area (Å²) in [6.07, 6.45) is 2.24. The quantitative estimate of drug-likeness (QED) is 0.791. The van der Waals surface area contributed by atoms with Crippen LogP contribution in [-0.4, -0.2) is 91.0 Å². The average molecular weight is 321 g/mol. The molecule has 0 bridgehead atoms. The summed E-state index contributed by atoms with van der Waals surface area (Å²) in [5.74, 6) is 0.988. The van der Waals surface area contributed by atoms with Crippen molar-refractivity contribution < 1.29 is 9.84 Å². The van der Waals surface area contributed by atoms with Gasteiger partial charge in [-0.2, -0.15) is 0 Å². The first-order valence-corrected chi connectivity index (χ1v) is 8.34. The minimum atomic E-state index is -0.331. The van der Waals surface area contributed by atoms with Crippen molar-refractivity contribution in [3.05, 3.63) is 17.6 Å². The van der Waals surface area contributed by atoms with E-state index in [4.69, 9.17) is 4.74 Å². The Morgan fingerprint density at radius 2 is 1.91 bits per heavy atom. The van der Waals surface area contributed by atoms with E-state index in [2.05, 4.69) is 19.8 Å². The topological polar surface area (TPSA) is 65.0 Å². The molecule has 0 saturated carbocycles. The maximum absolute atomic E-state index is 10.4. The van der Waals surface area contributed by atoms with Gasteiger partial charge in [0, 0.05) is 65.3 Å². The SMILES string of the molecule is CN(C)c1ncnc2c1CN(C[C@@H](O)CN1CCOCC1)CC2. The first kappa shape index (κ1) is 16.6. The average Bonchev–Trinajstić information content (AvgIpc) is 2.55. The lowest BCUT2D eigenvalue weighted by atomic mass is 10.1. The van der Waals surface area contributed by atoms with Crippen molar-refractivity contribution in [2.75, 3.05) is 64.9 Å². The number of ether oxygens (including phenoxy) is 1. The van der Waals surface area contributed by atoms with E-state index in [9.17, 15) is 5.11 Å². The van der Waals surface area contributed by atoms with Gasteiger partial charge in [-0.25, -0.2) is 9.97 Å². The highest BCUT2D eigenvalue weighted by molar-refractivity contribution is 5.48. The van der Waals surface area contributed by atoms with E-state index in [1.165, 1.54) is 5.56 Å². The van der Waals surface area contributed by atoms with Gasteiger partial charge in [-0.15, -0.1) is 0 Å². The van der Waals surface area contributed by atoms with Gasteiger partial charge in [-0.1, -0.05) is 0 Å². The highest BCUT2D eigenvalue weighted by atomic mass is 16.5. The molecule has 128 valence electrons. The van der Waals surface area contributed by atoms with Crippen molar-refractivity contribution >= 4 is 5.82 Å². The number of nitrogens with zero attached hydrogens (tertiary/aromatic N) is 5. The summed E-state index contributed by atoms with van der Waals surface area (Å²) in [6.45, 7) is 6.54. The molecule has 0 amide bonds. The van der Waals surface area contributed by atoms with Crippen molar-refractivity contribution in [1.82, 2.24) is 19.8 Å². The summed E-state index contributed by atoms with van der Waals surface area (Å²) < 4.78 is 5.35. The number of aromatic nitrogens is 2. The number of hydrogen-bond donors (Lipinski definition) is 1. The lowest BCUT2D eigenvalue weighted by Crippen LogP contribution is -2.45. The summed E-state index contributed by atoms with van der Waals surface area (Å²) in [5, 5.41) is 10.4. The number of hydrogen-bond acceptors (Lipinski definition) is 7. The largest absolute Gasteiger partial charge is 0.390 e. The first-order valence-electron chi connectivity index (χ1n) is 8.34. The van der Waals surface area contributed by atoms with Crippen LogP contribution in [0.1, 0.15) is 11.3 Å². The van der Waals surface area contributed by atoms with E-state index >= 15 is 0 Å². The predicted molar refractivity (Wildman–Crippen MR) is 88.6 cm³/mol. The molecule has 0 spiro atoms. The second-order valence-corrected chi connectivity index (χ2v) is 6.57. The van der Waals surface area contributed by atoms with Crippen LogP contribution >= 0.6 is 0 Å². The number of aliphatic hydroxyl groups excluding tert-OH is 1. The Morgan fingerprint density at radius 1 is 1.17 bits per heavy atom. The van der Waals surface area contributed by atoms with Crippen molar-refractivity contribution in [2.45, 2.75) is 19.1 Å². The second-order valence-electron chi connectivity index (χ2n) is 6.57. The van der Waals surface area contributed by atoms with Crippen LogP contribution in [0, 0.1) is 0 Å². The molecule has 23 heavy (non-hydrogen) atoms. The Bertz CT molecular complexity index is 519. The first-order chi connectivity index (χ1) is 11.1. The normalized spacial score (nSPS) is 21.0. The molecule has 1 atom stereocenters. The van der Waals surface area contributed by atoms with Crippen molar-refractivity contribution in [1.29, 1.82) is 0 Å². The molecule has 1 N–H and O–H groups in total. The van der Waals surface area contributed by atoms with Gasteiger partial charge in [0.2, 0.25) is 0 Å². The minimum Gasteiger partial charge on any atom is -0.390 e. The van der Waals surface area contributed by atoms with Crippen LogP contribution in [0.25, 0.3) is 0 Å². The third kappa shape index (κ3) is 4.17. The maximum Gasteiger partial charge on any atom is 0.136 e. The van der Waals surface area contributed by atoms with E-state index in [-0.39, 0.29) is 6.10 Å². The summed E-state index contributed by atoms with van der Waals surface area (Å²) in [7, 11) is 4.02. The van der Waals surface area contributed by atoms with Crippen LogP contribution in [0.3, 0.4) is 0 Å². The van der Waals surface area contributed by atoms with Crippen LogP contribution in [0.5, 0.6) is 0 Å². The molecule has 0 aromatic carbocycles. The molecule has 2 aliphatic rings. The van der Waals surface area contributed by atoms with Crippen molar-refractivity contribution in [3.63, 3.8) is 0 Å². The highest BCUT2D eigenvalue weighted by Gasteiger charge is 2.24. The minimum absolute atomic E-state index is 0.331. The van der Waals surface area contributed by atoms with E-state index < -0.39 is 0 Å². The molecular formula is C16H27N5O2. The van der Waals surface area contributed by atoms with Gasteiger partial charge in [0.15, 0.2) is 0 Å². The molecule has 3 heterocycles. The molecule has 7 nitrogen and oxygen atoms in total. The lowest BCUT2D eigenvalue weighted by Gasteiger charge is -2.33. The number of anilines is 1. The van der Waals surface area contributed by atoms with E-state index in [0.29, 0.717) is 6.54 Å². The van der Waals surface area contributed by atoms with E-state index in [0.717, 1.165) is 63.9 Å². The Labute approximate surface area is 137 Å². The van der Waals surface area contributed by atoms with E-state index in [1.807, 2.05) is 19.0 Å². The predicted octanol–water partition coefficient (Wildman–Crippen LogP) is -0.406. The molecule has 1 saturated heterocycles. The zero-order valence-electron chi connectivity index (χ0n) is 14.1. The standard InChI is InChI=1S/C16H27N5O2/c1-19(2)16-14-11-21(4-3-15(14)17-12-18-16)10-13(22)9-20-5-7-23-8-6-20/h12-13,22H,3-11H2,1-2H3/t13-/m0/s1. The molecule has 0 unspecified atom stereocenters. The van der Waals surface area contributed by atoms with Gasteiger partial charge in [-0.3, -0.25) is 9.80 Å². The summed E-state index contributed by atoms with van der Waals surface area (Å²) in [4.78, 5) is 15.4. The van der Waals surface area contributed by atoms with Crippen LogP contribution in [-0.2, 0) is 17.7 Å². The molecule has 0 radical (unpaired) electrons. The Morgan fingerprint density at radius 3 is 2.65 bits per heavy atom. The molecule has 2 aliphatic heterocycles. The van der Waals surface area contributed by atoms with Crippen molar-refractivity contribution in [2.24, 2.45) is 0 Å². The van der Waals surface area contributed by atoms with Gasteiger partial charge >= 0.3 is 0 Å². The molecule has 3 rings (SSSR count). The molecule has 1 aromatic rings. The van der Waals surface area contributed by atoms with E-state index in [1.54, 1.807) is 6.33 Å². The molecule has 1 aromatic heterocycles. The number of fused-ring (bicyclic) bond motifs is 1. The molecule has 0 aliphatic carbocycles. The third-order valence-corrected chi connectivity index (χ3v) is 4.52. The lowest BCUT2D eigenvalue weighted by molar-refractivity contribution is 0.00582. The number of morpholine rings is 1. The van der Waals surface area contributed by atoms with Crippen LogP contribution in [0.15, 0.2) is 6.33 Å². The number of aliphatic hydroxyl groups is 1. The number of β-amino-alcohol motifs (C(OH)–C–C–N with tert-alkyl or cyclic N) is 1. The molecule has 1 fully saturated rings. The van der Waals surface area contributed by atoms with Crippen molar-refractivity contribution in [3.8, 4) is 0 Å². The summed E-state index contributed by atoms with van der Waals surface area (Å²) in [6, 6.07) is 0. The Hall–Kier alpha value is -1.28. The fourth-order valence-corrected chi connectivity index (χ4v) is 3.36. The molecular weight excluding hydrogens is 294 g/mol. The maximum atomic E-state index is 10.4. The van der Waals surface area contributed by atoms with Gasteiger partial charge in [0.25, 0.3) is 0 Å². The third-order valence-electron chi connectivity index (χ3n) is 4.52. The Kier molecular flexibility index (Phi) is 5.42. The van der Waals surface area contributed by atoms with Crippen LogP contribution in [0.2, 0.25) is 0 Å². The highest BCUT2D eigenvalue weighted by Crippen LogP contribution is 2.24. The number of rotatable bonds is 5. The fraction of sp³-hybridized carbons (Fsp3) is 0.750. The summed E-state index contributed by atoms with van der Waals surface area (Å²) >= 11 is 0.